The van der Waals surface area contributed by atoms with Gasteiger partial charge in [-0.2, -0.15) is 0 Å². The van der Waals surface area contributed by atoms with Crippen LogP contribution in [0.2, 0.25) is 0 Å². The molecule has 0 unspecified atom stereocenters. The number of para-hydroxylation sites is 1. The van der Waals surface area contributed by atoms with Gasteiger partial charge in [0, 0.05) is 24.4 Å². The Morgan fingerprint density at radius 1 is 0.759 bits per heavy atom. The zero-order chi connectivity index (χ0) is 20.6. The SMILES string of the molecule is COc1cc(OC)c(C(=O)N(CCc2ccccc2)c2ccccc2)cc1OC. The molecule has 0 atom stereocenters. The standard InChI is InChI=1S/C24H25NO4/c1-27-21-17-23(29-3)22(28-2)16-20(21)24(26)25(19-12-8-5-9-13-19)15-14-18-10-6-4-7-11-18/h4-13,16-17H,14-15H2,1-3H3. The number of ether oxygens (including phenoxy) is 3. The second-order valence-corrected chi connectivity index (χ2v) is 6.44. The van der Waals surface area contributed by atoms with E-state index in [-0.39, 0.29) is 5.91 Å². The molecule has 0 aromatic heterocycles. The number of methoxy groups -OCH3 is 3. The second-order valence-electron chi connectivity index (χ2n) is 6.44. The van der Waals surface area contributed by atoms with E-state index in [1.54, 1.807) is 31.3 Å². The lowest BCUT2D eigenvalue weighted by Crippen LogP contribution is -2.33. The van der Waals surface area contributed by atoms with Crippen molar-refractivity contribution in [1.82, 2.24) is 0 Å². The summed E-state index contributed by atoms with van der Waals surface area (Å²) >= 11 is 0. The van der Waals surface area contributed by atoms with E-state index in [0.717, 1.165) is 12.1 Å². The zero-order valence-corrected chi connectivity index (χ0v) is 16.9. The highest BCUT2D eigenvalue weighted by Crippen LogP contribution is 2.35. The molecule has 1 amide bonds. The van der Waals surface area contributed by atoms with Gasteiger partial charge in [-0.05, 0) is 24.1 Å². The number of nitrogens with zero attached hydrogens (tertiary/aromatic N) is 1. The molecule has 0 aliphatic carbocycles. The van der Waals surface area contributed by atoms with Gasteiger partial charge in [-0.1, -0.05) is 48.5 Å². The first-order valence-corrected chi connectivity index (χ1v) is 9.38. The smallest absolute Gasteiger partial charge is 0.262 e. The second kappa shape index (κ2) is 9.64. The summed E-state index contributed by atoms with van der Waals surface area (Å²) in [5, 5.41) is 0. The van der Waals surface area contributed by atoms with Crippen LogP contribution in [0.5, 0.6) is 17.2 Å². The van der Waals surface area contributed by atoms with Crippen LogP contribution in [0.1, 0.15) is 15.9 Å². The molecule has 3 aromatic rings. The molecule has 0 saturated carbocycles. The highest BCUT2D eigenvalue weighted by Gasteiger charge is 2.23. The van der Waals surface area contributed by atoms with Gasteiger partial charge >= 0.3 is 0 Å². The van der Waals surface area contributed by atoms with E-state index in [0.29, 0.717) is 29.4 Å². The Hall–Kier alpha value is -3.47. The Morgan fingerprint density at radius 2 is 1.31 bits per heavy atom. The summed E-state index contributed by atoms with van der Waals surface area (Å²) in [4.78, 5) is 15.3. The van der Waals surface area contributed by atoms with Gasteiger partial charge in [0.1, 0.15) is 5.75 Å². The molecule has 0 radical (unpaired) electrons. The van der Waals surface area contributed by atoms with Crippen molar-refractivity contribution in [2.75, 3.05) is 32.8 Å². The summed E-state index contributed by atoms with van der Waals surface area (Å²) < 4.78 is 16.2. The molecule has 0 spiro atoms. The number of amides is 1. The fourth-order valence-electron chi connectivity index (χ4n) is 3.18. The number of hydrogen-bond acceptors (Lipinski definition) is 4. The van der Waals surface area contributed by atoms with Gasteiger partial charge in [-0.3, -0.25) is 4.79 Å². The number of carbonyl (C=O) groups is 1. The molecule has 0 N–H and O–H groups in total. The number of carbonyl (C=O) groups excluding carboxylic acids is 1. The fourth-order valence-corrected chi connectivity index (χ4v) is 3.18. The predicted molar refractivity (Wildman–Crippen MR) is 114 cm³/mol. The number of rotatable bonds is 8. The van der Waals surface area contributed by atoms with Crippen LogP contribution >= 0.6 is 0 Å². The Labute approximate surface area is 171 Å². The van der Waals surface area contributed by atoms with E-state index in [4.69, 9.17) is 14.2 Å². The molecule has 5 nitrogen and oxygen atoms in total. The lowest BCUT2D eigenvalue weighted by atomic mass is 10.1. The normalized spacial score (nSPS) is 10.3. The molecule has 3 rings (SSSR count). The molecule has 29 heavy (non-hydrogen) atoms. The van der Waals surface area contributed by atoms with Crippen LogP contribution in [-0.4, -0.2) is 33.8 Å². The van der Waals surface area contributed by atoms with Gasteiger partial charge in [0.05, 0.1) is 26.9 Å². The molecule has 0 aliphatic heterocycles. The third-order valence-corrected chi connectivity index (χ3v) is 4.72. The van der Waals surface area contributed by atoms with Crippen LogP contribution in [0.3, 0.4) is 0 Å². The molecule has 0 bridgehead atoms. The molecule has 5 heteroatoms. The molecule has 0 saturated heterocycles. The van der Waals surface area contributed by atoms with E-state index >= 15 is 0 Å². The number of hydrogen-bond donors (Lipinski definition) is 0. The summed E-state index contributed by atoms with van der Waals surface area (Å²) in [6.45, 7) is 0.532. The van der Waals surface area contributed by atoms with Crippen LogP contribution < -0.4 is 19.1 Å². The number of benzene rings is 3. The Morgan fingerprint density at radius 3 is 1.90 bits per heavy atom. The summed E-state index contributed by atoms with van der Waals surface area (Å²) in [6.07, 6.45) is 0.733. The van der Waals surface area contributed by atoms with Crippen molar-refractivity contribution in [1.29, 1.82) is 0 Å². The fraction of sp³-hybridized carbons (Fsp3) is 0.208. The van der Waals surface area contributed by atoms with Crippen LogP contribution in [0.4, 0.5) is 5.69 Å². The molecule has 150 valence electrons. The maximum atomic E-state index is 13.6. The lowest BCUT2D eigenvalue weighted by Gasteiger charge is -2.24. The van der Waals surface area contributed by atoms with Crippen molar-refractivity contribution in [3.05, 3.63) is 83.9 Å². The number of anilines is 1. The van der Waals surface area contributed by atoms with Gasteiger partial charge in [-0.15, -0.1) is 0 Å². The maximum Gasteiger partial charge on any atom is 0.262 e. The van der Waals surface area contributed by atoms with Crippen LogP contribution in [0.25, 0.3) is 0 Å². The summed E-state index contributed by atoms with van der Waals surface area (Å²) in [5.41, 5.74) is 2.41. The molecule has 0 aliphatic rings. The molecule has 0 fully saturated rings. The zero-order valence-electron chi connectivity index (χ0n) is 16.9. The largest absolute Gasteiger partial charge is 0.496 e. The van der Waals surface area contributed by atoms with Gasteiger partial charge < -0.3 is 19.1 Å². The van der Waals surface area contributed by atoms with E-state index in [1.807, 2.05) is 48.5 Å². The van der Waals surface area contributed by atoms with E-state index in [2.05, 4.69) is 12.1 Å². The van der Waals surface area contributed by atoms with E-state index < -0.39 is 0 Å². The first-order chi connectivity index (χ1) is 14.2. The summed E-state index contributed by atoms with van der Waals surface area (Å²) in [7, 11) is 4.63. The monoisotopic (exact) mass is 391 g/mol. The third-order valence-electron chi connectivity index (χ3n) is 4.72. The minimum Gasteiger partial charge on any atom is -0.496 e. The van der Waals surface area contributed by atoms with E-state index in [1.165, 1.54) is 12.7 Å². The molecule has 3 aromatic carbocycles. The van der Waals surface area contributed by atoms with Crippen molar-refractivity contribution in [3.8, 4) is 17.2 Å². The average molecular weight is 391 g/mol. The quantitative estimate of drug-likeness (QED) is 0.563. The van der Waals surface area contributed by atoms with Gasteiger partial charge in [0.25, 0.3) is 5.91 Å². The van der Waals surface area contributed by atoms with Crippen LogP contribution in [-0.2, 0) is 6.42 Å². The van der Waals surface area contributed by atoms with Crippen molar-refractivity contribution in [3.63, 3.8) is 0 Å². The maximum absolute atomic E-state index is 13.6. The Balaban J connectivity index is 1.98. The minimum atomic E-state index is -0.162. The molecular weight excluding hydrogens is 366 g/mol. The van der Waals surface area contributed by atoms with Crippen molar-refractivity contribution in [2.45, 2.75) is 6.42 Å². The summed E-state index contributed by atoms with van der Waals surface area (Å²) in [6, 6.07) is 23.1. The Bertz CT molecular complexity index is 942. The Kier molecular flexibility index (Phi) is 6.74. The van der Waals surface area contributed by atoms with Gasteiger partial charge in [-0.25, -0.2) is 0 Å². The van der Waals surface area contributed by atoms with Crippen molar-refractivity contribution >= 4 is 11.6 Å². The highest BCUT2D eigenvalue weighted by molar-refractivity contribution is 6.08. The van der Waals surface area contributed by atoms with Crippen molar-refractivity contribution in [2.24, 2.45) is 0 Å². The highest BCUT2D eigenvalue weighted by atomic mass is 16.5. The first kappa shape index (κ1) is 20.3. The third kappa shape index (κ3) is 4.69. The first-order valence-electron chi connectivity index (χ1n) is 9.38. The predicted octanol–water partition coefficient (Wildman–Crippen LogP) is 4.60. The summed E-state index contributed by atoms with van der Waals surface area (Å²) in [5.74, 6) is 1.27. The molecular formula is C24H25NO4. The van der Waals surface area contributed by atoms with Gasteiger partial charge in [0.2, 0.25) is 0 Å². The van der Waals surface area contributed by atoms with E-state index in [9.17, 15) is 4.79 Å². The van der Waals surface area contributed by atoms with Gasteiger partial charge in [0.15, 0.2) is 11.5 Å². The molecule has 0 heterocycles. The average Bonchev–Trinajstić information content (AvgIpc) is 2.79. The van der Waals surface area contributed by atoms with Crippen molar-refractivity contribution < 1.29 is 19.0 Å². The van der Waals surface area contributed by atoms with Crippen LogP contribution in [0, 0.1) is 0 Å². The van der Waals surface area contributed by atoms with Crippen LogP contribution in [0.15, 0.2) is 72.8 Å². The lowest BCUT2D eigenvalue weighted by molar-refractivity contribution is 0.0984. The topological polar surface area (TPSA) is 48.0 Å². The minimum absolute atomic E-state index is 0.162.